The molecule has 0 spiro atoms. The number of carboxylic acids is 2. The molecule has 0 bridgehead atoms. The van der Waals surface area contributed by atoms with Crippen LogP contribution in [-0.2, 0) is 14.4 Å². The van der Waals surface area contributed by atoms with Gasteiger partial charge in [-0.2, -0.15) is 0 Å². The van der Waals surface area contributed by atoms with Crippen molar-refractivity contribution in [1.82, 2.24) is 5.32 Å². The highest BCUT2D eigenvalue weighted by molar-refractivity contribution is 6.42. The number of carbonyl (C=O) groups excluding carboxylic acids is 1. The van der Waals surface area contributed by atoms with Crippen molar-refractivity contribution in [2.24, 2.45) is 0 Å². The largest absolute Gasteiger partial charge is 0.481 e. The van der Waals surface area contributed by atoms with Crippen molar-refractivity contribution >= 4 is 47.1 Å². The monoisotopic (exact) mass is 331 g/mol. The fourth-order valence-corrected chi connectivity index (χ4v) is 1.78. The molecular weight excluding hydrogens is 321 g/mol. The minimum absolute atomic E-state index is 0.253. The standard InChI is InChI=1S/C13H11Cl2NO5/c14-8-3-1-2-7(12(8)15)4-5-10(17)16-9(13(20)21)6-11(18)19/h1-5,9H,6H2,(H,16,17)(H,18,19)(H,20,21)/b5-4+/t9-/m1/s1. The van der Waals surface area contributed by atoms with Crippen molar-refractivity contribution in [2.45, 2.75) is 12.5 Å². The van der Waals surface area contributed by atoms with Crippen molar-refractivity contribution in [3.05, 3.63) is 39.9 Å². The molecule has 0 saturated heterocycles. The predicted octanol–water partition coefficient (Wildman–Crippen LogP) is 2.05. The molecule has 0 aliphatic rings. The van der Waals surface area contributed by atoms with Gasteiger partial charge in [-0.05, 0) is 17.7 Å². The highest BCUT2D eigenvalue weighted by Gasteiger charge is 2.21. The molecule has 3 N–H and O–H groups in total. The van der Waals surface area contributed by atoms with E-state index < -0.39 is 30.3 Å². The van der Waals surface area contributed by atoms with Crippen LogP contribution >= 0.6 is 23.2 Å². The summed E-state index contributed by atoms with van der Waals surface area (Å²) in [5.41, 5.74) is 0.476. The van der Waals surface area contributed by atoms with E-state index in [1.807, 2.05) is 0 Å². The number of benzene rings is 1. The van der Waals surface area contributed by atoms with Crippen LogP contribution in [0.4, 0.5) is 0 Å². The lowest BCUT2D eigenvalue weighted by Gasteiger charge is -2.10. The Bertz CT molecular complexity index is 600. The zero-order valence-corrected chi connectivity index (χ0v) is 12.1. The van der Waals surface area contributed by atoms with E-state index in [0.29, 0.717) is 10.6 Å². The smallest absolute Gasteiger partial charge is 0.326 e. The van der Waals surface area contributed by atoms with Gasteiger partial charge >= 0.3 is 11.9 Å². The first kappa shape index (κ1) is 17.0. The molecule has 1 rings (SSSR count). The van der Waals surface area contributed by atoms with Crippen LogP contribution in [0, 0.1) is 0 Å². The SMILES string of the molecule is O=C(O)C[C@@H](NC(=O)/C=C/c1cccc(Cl)c1Cl)C(=O)O. The van der Waals surface area contributed by atoms with Gasteiger partial charge in [0.2, 0.25) is 5.91 Å². The summed E-state index contributed by atoms with van der Waals surface area (Å²) in [6.07, 6.45) is 1.69. The summed E-state index contributed by atoms with van der Waals surface area (Å²) in [5.74, 6) is -3.51. The highest BCUT2D eigenvalue weighted by atomic mass is 35.5. The maximum absolute atomic E-state index is 11.6. The molecule has 0 heterocycles. The van der Waals surface area contributed by atoms with E-state index in [2.05, 4.69) is 5.32 Å². The van der Waals surface area contributed by atoms with Gasteiger partial charge in [0.1, 0.15) is 6.04 Å². The zero-order valence-electron chi connectivity index (χ0n) is 10.5. The third kappa shape index (κ3) is 5.45. The molecule has 0 fully saturated rings. The van der Waals surface area contributed by atoms with Crippen molar-refractivity contribution in [3.8, 4) is 0 Å². The van der Waals surface area contributed by atoms with Crippen LogP contribution in [0.3, 0.4) is 0 Å². The van der Waals surface area contributed by atoms with Crippen LogP contribution in [0.25, 0.3) is 6.08 Å². The molecule has 21 heavy (non-hydrogen) atoms. The Kier molecular flexibility index (Phi) is 6.20. The number of carboxylic acid groups (broad SMARTS) is 2. The Morgan fingerprint density at radius 2 is 1.90 bits per heavy atom. The van der Waals surface area contributed by atoms with Crippen molar-refractivity contribution in [3.63, 3.8) is 0 Å². The van der Waals surface area contributed by atoms with Gasteiger partial charge in [-0.3, -0.25) is 9.59 Å². The molecule has 0 aromatic heterocycles. The number of amides is 1. The molecule has 1 atom stereocenters. The Morgan fingerprint density at radius 3 is 2.48 bits per heavy atom. The summed E-state index contributed by atoms with van der Waals surface area (Å²) in [7, 11) is 0. The minimum atomic E-state index is -1.51. The molecule has 0 aliphatic carbocycles. The second kappa shape index (κ2) is 7.66. The molecule has 6 nitrogen and oxygen atoms in total. The Hall–Kier alpha value is -2.05. The highest BCUT2D eigenvalue weighted by Crippen LogP contribution is 2.26. The lowest BCUT2D eigenvalue weighted by Crippen LogP contribution is -2.41. The predicted molar refractivity (Wildman–Crippen MR) is 77.3 cm³/mol. The second-order valence-corrected chi connectivity index (χ2v) is 4.76. The van der Waals surface area contributed by atoms with Crippen LogP contribution < -0.4 is 5.32 Å². The summed E-state index contributed by atoms with van der Waals surface area (Å²) in [4.78, 5) is 32.9. The van der Waals surface area contributed by atoms with Gasteiger partial charge in [-0.1, -0.05) is 35.3 Å². The minimum Gasteiger partial charge on any atom is -0.481 e. The summed E-state index contributed by atoms with van der Waals surface area (Å²) >= 11 is 11.7. The maximum Gasteiger partial charge on any atom is 0.326 e. The van der Waals surface area contributed by atoms with E-state index in [9.17, 15) is 14.4 Å². The third-order valence-electron chi connectivity index (χ3n) is 2.39. The van der Waals surface area contributed by atoms with Gasteiger partial charge in [0, 0.05) is 6.08 Å². The van der Waals surface area contributed by atoms with Gasteiger partial charge in [-0.25, -0.2) is 4.79 Å². The maximum atomic E-state index is 11.6. The lowest BCUT2D eigenvalue weighted by molar-refractivity contribution is -0.146. The summed E-state index contributed by atoms with van der Waals surface area (Å²) in [6, 6.07) is 3.32. The van der Waals surface area contributed by atoms with Crippen LogP contribution in [0.5, 0.6) is 0 Å². The number of rotatable bonds is 6. The average Bonchev–Trinajstić information content (AvgIpc) is 2.39. The van der Waals surface area contributed by atoms with Gasteiger partial charge in [0.05, 0.1) is 16.5 Å². The van der Waals surface area contributed by atoms with Crippen molar-refractivity contribution in [1.29, 1.82) is 0 Å². The van der Waals surface area contributed by atoms with Crippen molar-refractivity contribution < 1.29 is 24.6 Å². The summed E-state index contributed by atoms with van der Waals surface area (Å²) in [6.45, 7) is 0. The number of carbonyl (C=O) groups is 3. The number of nitrogens with one attached hydrogen (secondary N) is 1. The fraction of sp³-hybridized carbons (Fsp3) is 0.154. The van der Waals surface area contributed by atoms with E-state index >= 15 is 0 Å². The van der Waals surface area contributed by atoms with Crippen LogP contribution in [-0.4, -0.2) is 34.1 Å². The van der Waals surface area contributed by atoms with Gasteiger partial charge < -0.3 is 15.5 Å². The van der Waals surface area contributed by atoms with Gasteiger partial charge in [0.15, 0.2) is 0 Å². The quantitative estimate of drug-likeness (QED) is 0.692. The van der Waals surface area contributed by atoms with E-state index in [-0.39, 0.29) is 5.02 Å². The van der Waals surface area contributed by atoms with Crippen LogP contribution in [0.15, 0.2) is 24.3 Å². The molecule has 1 aromatic carbocycles. The average molecular weight is 332 g/mol. The molecule has 0 saturated carbocycles. The first-order chi connectivity index (χ1) is 9.81. The Morgan fingerprint density at radius 1 is 1.24 bits per heavy atom. The third-order valence-corrected chi connectivity index (χ3v) is 3.22. The van der Waals surface area contributed by atoms with E-state index in [1.54, 1.807) is 18.2 Å². The number of aliphatic carboxylic acids is 2. The number of hydrogen-bond donors (Lipinski definition) is 3. The Labute approximate surface area is 130 Å². The van der Waals surface area contributed by atoms with Gasteiger partial charge in [-0.15, -0.1) is 0 Å². The second-order valence-electron chi connectivity index (χ2n) is 3.97. The topological polar surface area (TPSA) is 104 Å². The molecule has 0 radical (unpaired) electrons. The molecule has 1 aromatic rings. The van der Waals surface area contributed by atoms with Gasteiger partial charge in [0.25, 0.3) is 0 Å². The van der Waals surface area contributed by atoms with E-state index in [1.165, 1.54) is 6.08 Å². The molecule has 112 valence electrons. The zero-order chi connectivity index (χ0) is 16.0. The fourth-order valence-electron chi connectivity index (χ4n) is 1.41. The van der Waals surface area contributed by atoms with E-state index in [0.717, 1.165) is 6.08 Å². The lowest BCUT2D eigenvalue weighted by atomic mass is 10.2. The molecular formula is C13H11Cl2NO5. The molecule has 0 unspecified atom stereocenters. The molecule has 0 aliphatic heterocycles. The normalized spacial score (nSPS) is 12.1. The molecule has 8 heteroatoms. The first-order valence-corrected chi connectivity index (χ1v) is 6.44. The first-order valence-electron chi connectivity index (χ1n) is 5.68. The molecule has 1 amide bonds. The van der Waals surface area contributed by atoms with Crippen LogP contribution in [0.1, 0.15) is 12.0 Å². The number of hydrogen-bond acceptors (Lipinski definition) is 3. The van der Waals surface area contributed by atoms with Crippen LogP contribution in [0.2, 0.25) is 10.0 Å². The van der Waals surface area contributed by atoms with Crippen molar-refractivity contribution in [2.75, 3.05) is 0 Å². The Balaban J connectivity index is 2.76. The summed E-state index contributed by atoms with van der Waals surface area (Å²) < 4.78 is 0. The number of halogens is 2. The van der Waals surface area contributed by atoms with E-state index in [4.69, 9.17) is 33.4 Å². The summed E-state index contributed by atoms with van der Waals surface area (Å²) in [5, 5.41) is 20.0.